The predicted molar refractivity (Wildman–Crippen MR) is 79.6 cm³/mol. The lowest BCUT2D eigenvalue weighted by molar-refractivity contribution is -0.118. The highest BCUT2D eigenvalue weighted by Crippen LogP contribution is 2.33. The van der Waals surface area contributed by atoms with Crippen LogP contribution in [0.5, 0.6) is 0 Å². The van der Waals surface area contributed by atoms with Crippen molar-refractivity contribution in [3.8, 4) is 0 Å². The number of amides is 1. The molecule has 1 aliphatic rings. The van der Waals surface area contributed by atoms with Crippen molar-refractivity contribution in [3.63, 3.8) is 0 Å². The highest BCUT2D eigenvalue weighted by Gasteiger charge is 2.34. The normalized spacial score (nSPS) is 20.1. The highest BCUT2D eigenvalue weighted by atomic mass is 16.2. The maximum atomic E-state index is 12.4. The summed E-state index contributed by atoms with van der Waals surface area (Å²) in [5.74, 6) is 0.207. The molecule has 1 aliphatic heterocycles. The molecule has 1 aromatic carbocycles. The Balaban J connectivity index is 2.31. The second kappa shape index (κ2) is 5.33. The molecule has 1 amide bonds. The fourth-order valence-electron chi connectivity index (χ4n) is 2.70. The number of carbonyl (C=O) groups excluding carboxylic acids is 1. The smallest absolute Gasteiger partial charge is 0.244 e. The van der Waals surface area contributed by atoms with Gasteiger partial charge in [-0.2, -0.15) is 0 Å². The summed E-state index contributed by atoms with van der Waals surface area (Å²) in [4.78, 5) is 14.4. The molecule has 1 saturated heterocycles. The van der Waals surface area contributed by atoms with E-state index in [0.29, 0.717) is 0 Å². The minimum absolute atomic E-state index is 0.0157. The molecule has 104 valence electrons. The van der Waals surface area contributed by atoms with E-state index in [0.717, 1.165) is 25.2 Å². The van der Waals surface area contributed by atoms with Crippen molar-refractivity contribution in [2.24, 2.45) is 0 Å². The molecule has 1 fully saturated rings. The van der Waals surface area contributed by atoms with Crippen LogP contribution in [0.1, 0.15) is 39.7 Å². The third-order valence-corrected chi connectivity index (χ3v) is 3.66. The van der Waals surface area contributed by atoms with Crippen molar-refractivity contribution in [2.45, 2.75) is 45.6 Å². The zero-order chi connectivity index (χ0) is 14.0. The molecule has 1 heterocycles. The number of anilines is 1. The minimum atomic E-state index is -0.0157. The first-order chi connectivity index (χ1) is 8.95. The van der Waals surface area contributed by atoms with Crippen molar-refractivity contribution in [3.05, 3.63) is 29.8 Å². The van der Waals surface area contributed by atoms with E-state index >= 15 is 0 Å². The molecule has 2 rings (SSSR count). The van der Waals surface area contributed by atoms with Gasteiger partial charge in [-0.1, -0.05) is 45.9 Å². The van der Waals surface area contributed by atoms with Crippen molar-refractivity contribution in [2.75, 3.05) is 18.0 Å². The van der Waals surface area contributed by atoms with Crippen molar-refractivity contribution in [1.29, 1.82) is 0 Å². The largest absolute Gasteiger partial charge is 0.311 e. The zero-order valence-electron chi connectivity index (χ0n) is 12.4. The lowest BCUT2D eigenvalue weighted by Gasteiger charge is -2.27. The summed E-state index contributed by atoms with van der Waals surface area (Å²) in [5, 5.41) is 3.26. The third kappa shape index (κ3) is 2.81. The van der Waals surface area contributed by atoms with Gasteiger partial charge in [0.15, 0.2) is 0 Å². The fraction of sp³-hybridized carbons (Fsp3) is 0.562. The van der Waals surface area contributed by atoms with E-state index < -0.39 is 0 Å². The van der Waals surface area contributed by atoms with Gasteiger partial charge in [0, 0.05) is 12.2 Å². The van der Waals surface area contributed by atoms with E-state index in [9.17, 15) is 4.79 Å². The van der Waals surface area contributed by atoms with E-state index in [2.05, 4.69) is 38.2 Å². The molecule has 0 aliphatic carbocycles. The molecule has 0 aromatic heterocycles. The van der Waals surface area contributed by atoms with Crippen LogP contribution in [-0.4, -0.2) is 25.0 Å². The van der Waals surface area contributed by atoms with Crippen LogP contribution in [-0.2, 0) is 10.2 Å². The minimum Gasteiger partial charge on any atom is -0.311 e. The Hall–Kier alpha value is -1.35. The van der Waals surface area contributed by atoms with E-state index in [4.69, 9.17) is 0 Å². The van der Waals surface area contributed by atoms with Gasteiger partial charge in [-0.05, 0) is 30.0 Å². The molecule has 19 heavy (non-hydrogen) atoms. The molecule has 0 spiro atoms. The standard InChI is InChI=1S/C16H24N2O/c1-5-17-13-10-11-18(15(13)19)14-9-7-6-8-12(14)16(2,3)4/h6-9,13,17H,5,10-11H2,1-4H3. The summed E-state index contributed by atoms with van der Waals surface area (Å²) in [6.07, 6.45) is 0.894. The number of para-hydroxylation sites is 1. The van der Waals surface area contributed by atoms with Crippen LogP contribution in [0.15, 0.2) is 24.3 Å². The molecule has 0 radical (unpaired) electrons. The predicted octanol–water partition coefficient (Wildman–Crippen LogP) is 2.70. The van der Waals surface area contributed by atoms with Crippen LogP contribution in [0.4, 0.5) is 5.69 Å². The van der Waals surface area contributed by atoms with Crippen LogP contribution in [0.3, 0.4) is 0 Å². The summed E-state index contributed by atoms with van der Waals surface area (Å²) in [6.45, 7) is 10.3. The number of likely N-dealkylation sites (N-methyl/N-ethyl adjacent to an activating group) is 1. The van der Waals surface area contributed by atoms with Crippen molar-refractivity contribution < 1.29 is 4.79 Å². The Morgan fingerprint density at radius 3 is 2.63 bits per heavy atom. The number of nitrogens with zero attached hydrogens (tertiary/aromatic N) is 1. The first kappa shape index (κ1) is 14.1. The molecular weight excluding hydrogens is 236 g/mol. The zero-order valence-corrected chi connectivity index (χ0v) is 12.4. The number of benzene rings is 1. The molecule has 1 unspecified atom stereocenters. The first-order valence-corrected chi connectivity index (χ1v) is 7.09. The molecule has 0 saturated carbocycles. The van der Waals surface area contributed by atoms with Gasteiger partial charge in [-0.25, -0.2) is 0 Å². The monoisotopic (exact) mass is 260 g/mol. The molecule has 3 heteroatoms. The lowest BCUT2D eigenvalue weighted by atomic mass is 9.85. The Kier molecular flexibility index (Phi) is 3.95. The average Bonchev–Trinajstić information content (AvgIpc) is 2.71. The molecule has 3 nitrogen and oxygen atoms in total. The molecule has 1 aromatic rings. The number of nitrogens with one attached hydrogen (secondary N) is 1. The van der Waals surface area contributed by atoms with Crippen molar-refractivity contribution in [1.82, 2.24) is 5.32 Å². The van der Waals surface area contributed by atoms with Crippen LogP contribution >= 0.6 is 0 Å². The van der Waals surface area contributed by atoms with Gasteiger partial charge in [0.1, 0.15) is 0 Å². The van der Waals surface area contributed by atoms with Gasteiger partial charge in [0.2, 0.25) is 5.91 Å². The third-order valence-electron chi connectivity index (χ3n) is 3.66. The van der Waals surface area contributed by atoms with Crippen LogP contribution in [0.25, 0.3) is 0 Å². The van der Waals surface area contributed by atoms with Crippen molar-refractivity contribution >= 4 is 11.6 Å². The summed E-state index contributed by atoms with van der Waals surface area (Å²) in [6, 6.07) is 8.24. The maximum absolute atomic E-state index is 12.4. The SMILES string of the molecule is CCNC1CCN(c2ccccc2C(C)(C)C)C1=O. The summed E-state index contributed by atoms with van der Waals surface area (Å²) >= 11 is 0. The number of carbonyl (C=O) groups is 1. The summed E-state index contributed by atoms with van der Waals surface area (Å²) in [7, 11) is 0. The Bertz CT molecular complexity index is 462. The fourth-order valence-corrected chi connectivity index (χ4v) is 2.70. The van der Waals surface area contributed by atoms with Crippen LogP contribution in [0, 0.1) is 0 Å². The molecular formula is C16H24N2O. The second-order valence-corrected chi connectivity index (χ2v) is 6.16. The van der Waals surface area contributed by atoms with Gasteiger partial charge < -0.3 is 10.2 Å². The number of hydrogen-bond acceptors (Lipinski definition) is 2. The van der Waals surface area contributed by atoms with Gasteiger partial charge in [-0.3, -0.25) is 4.79 Å². The van der Waals surface area contributed by atoms with E-state index in [-0.39, 0.29) is 17.4 Å². The summed E-state index contributed by atoms with van der Waals surface area (Å²) < 4.78 is 0. The van der Waals surface area contributed by atoms with Gasteiger partial charge >= 0.3 is 0 Å². The maximum Gasteiger partial charge on any atom is 0.244 e. The topological polar surface area (TPSA) is 32.3 Å². The highest BCUT2D eigenvalue weighted by molar-refractivity contribution is 6.00. The van der Waals surface area contributed by atoms with Gasteiger partial charge in [0.05, 0.1) is 6.04 Å². The first-order valence-electron chi connectivity index (χ1n) is 7.09. The van der Waals surface area contributed by atoms with Crippen LogP contribution in [0.2, 0.25) is 0 Å². The van der Waals surface area contributed by atoms with Crippen LogP contribution < -0.4 is 10.2 Å². The number of rotatable bonds is 3. The molecule has 0 bridgehead atoms. The second-order valence-electron chi connectivity index (χ2n) is 6.16. The molecule has 1 atom stereocenters. The number of hydrogen-bond donors (Lipinski definition) is 1. The van der Waals surface area contributed by atoms with Gasteiger partial charge in [-0.15, -0.1) is 0 Å². The Labute approximate surface area is 116 Å². The Morgan fingerprint density at radius 2 is 2.00 bits per heavy atom. The van der Waals surface area contributed by atoms with E-state index in [1.165, 1.54) is 5.56 Å². The quantitative estimate of drug-likeness (QED) is 0.906. The van der Waals surface area contributed by atoms with Gasteiger partial charge in [0.25, 0.3) is 0 Å². The molecule has 1 N–H and O–H groups in total. The summed E-state index contributed by atoms with van der Waals surface area (Å²) in [5.41, 5.74) is 2.36. The van der Waals surface area contributed by atoms with E-state index in [1.807, 2.05) is 24.0 Å². The Morgan fingerprint density at radius 1 is 1.32 bits per heavy atom. The van der Waals surface area contributed by atoms with E-state index in [1.54, 1.807) is 0 Å². The lowest BCUT2D eigenvalue weighted by Crippen LogP contribution is -2.38. The average molecular weight is 260 g/mol.